The number of halogens is 1. The van der Waals surface area contributed by atoms with Crippen molar-refractivity contribution in [2.24, 2.45) is 0 Å². The standard InChI is InChI=1S/C17H23ClN2O2/c1-12-11-14(18)9-10-16(12)22-13(2)17(21)20-19-15-7-5-3-4-6-8-15/h7,9-11,13,19H,3-6,8H2,1-2H3,(H,20,21). The monoisotopic (exact) mass is 322 g/mol. The van der Waals surface area contributed by atoms with Crippen molar-refractivity contribution in [1.82, 2.24) is 10.9 Å². The highest BCUT2D eigenvalue weighted by Gasteiger charge is 2.16. The van der Waals surface area contributed by atoms with Gasteiger partial charge in [-0.3, -0.25) is 10.2 Å². The third kappa shape index (κ3) is 4.95. The van der Waals surface area contributed by atoms with Gasteiger partial charge in [0.2, 0.25) is 0 Å². The van der Waals surface area contributed by atoms with Crippen LogP contribution < -0.4 is 15.6 Å². The lowest BCUT2D eigenvalue weighted by Crippen LogP contribution is -2.44. The first-order valence-electron chi connectivity index (χ1n) is 7.74. The summed E-state index contributed by atoms with van der Waals surface area (Å²) in [5, 5.41) is 0.656. The van der Waals surface area contributed by atoms with Crippen molar-refractivity contribution < 1.29 is 9.53 Å². The van der Waals surface area contributed by atoms with Gasteiger partial charge < -0.3 is 10.2 Å². The molecule has 5 heteroatoms. The molecule has 1 aromatic rings. The van der Waals surface area contributed by atoms with E-state index < -0.39 is 6.10 Å². The fourth-order valence-electron chi connectivity index (χ4n) is 2.36. The van der Waals surface area contributed by atoms with E-state index in [4.69, 9.17) is 16.3 Å². The van der Waals surface area contributed by atoms with E-state index in [2.05, 4.69) is 16.9 Å². The molecule has 22 heavy (non-hydrogen) atoms. The number of carbonyl (C=O) groups is 1. The molecule has 0 aliphatic heterocycles. The van der Waals surface area contributed by atoms with Crippen molar-refractivity contribution in [1.29, 1.82) is 0 Å². The molecule has 2 N–H and O–H groups in total. The zero-order valence-corrected chi connectivity index (χ0v) is 13.9. The van der Waals surface area contributed by atoms with Crippen LogP contribution in [-0.4, -0.2) is 12.0 Å². The molecule has 1 aliphatic carbocycles. The first kappa shape index (κ1) is 16.7. The summed E-state index contributed by atoms with van der Waals surface area (Å²) < 4.78 is 5.70. The van der Waals surface area contributed by atoms with Crippen LogP contribution in [0.3, 0.4) is 0 Å². The number of nitrogens with one attached hydrogen (secondary N) is 2. The first-order valence-corrected chi connectivity index (χ1v) is 8.12. The maximum absolute atomic E-state index is 12.1. The Morgan fingerprint density at radius 2 is 2.14 bits per heavy atom. The zero-order valence-electron chi connectivity index (χ0n) is 13.1. The number of aryl methyl sites for hydroxylation is 1. The Balaban J connectivity index is 1.85. The number of benzene rings is 1. The van der Waals surface area contributed by atoms with Crippen LogP contribution in [0.25, 0.3) is 0 Å². The average Bonchev–Trinajstić information content (AvgIpc) is 2.76. The van der Waals surface area contributed by atoms with Crippen molar-refractivity contribution in [2.45, 2.75) is 52.1 Å². The lowest BCUT2D eigenvalue weighted by molar-refractivity contribution is -0.128. The van der Waals surface area contributed by atoms with E-state index in [0.29, 0.717) is 10.8 Å². The molecule has 1 unspecified atom stereocenters. The number of ether oxygens (including phenoxy) is 1. The third-order valence-electron chi connectivity index (χ3n) is 3.70. The van der Waals surface area contributed by atoms with Crippen molar-refractivity contribution >= 4 is 17.5 Å². The maximum atomic E-state index is 12.1. The Labute approximate surface area is 136 Å². The smallest absolute Gasteiger partial charge is 0.279 e. The summed E-state index contributed by atoms with van der Waals surface area (Å²) in [6.45, 7) is 3.63. The molecule has 0 aromatic heterocycles. The molecule has 0 heterocycles. The third-order valence-corrected chi connectivity index (χ3v) is 3.93. The van der Waals surface area contributed by atoms with Gasteiger partial charge in [0.1, 0.15) is 5.75 Å². The summed E-state index contributed by atoms with van der Waals surface area (Å²) in [5.41, 5.74) is 7.73. The highest BCUT2D eigenvalue weighted by Crippen LogP contribution is 2.22. The maximum Gasteiger partial charge on any atom is 0.279 e. The van der Waals surface area contributed by atoms with Gasteiger partial charge in [-0.25, -0.2) is 0 Å². The fourth-order valence-corrected chi connectivity index (χ4v) is 2.59. The van der Waals surface area contributed by atoms with Crippen molar-refractivity contribution in [3.63, 3.8) is 0 Å². The van der Waals surface area contributed by atoms with E-state index in [1.54, 1.807) is 19.1 Å². The van der Waals surface area contributed by atoms with Crippen molar-refractivity contribution in [3.05, 3.63) is 40.6 Å². The van der Waals surface area contributed by atoms with Gasteiger partial charge >= 0.3 is 0 Å². The Hall–Kier alpha value is -1.68. The van der Waals surface area contributed by atoms with Crippen LogP contribution in [0.2, 0.25) is 5.02 Å². The zero-order chi connectivity index (χ0) is 15.9. The van der Waals surface area contributed by atoms with Crippen LogP contribution >= 0.6 is 11.6 Å². The normalized spacial score (nSPS) is 16.2. The SMILES string of the molecule is Cc1cc(Cl)ccc1OC(C)C(=O)NNC1=CCCCCC1. The van der Waals surface area contributed by atoms with E-state index >= 15 is 0 Å². The minimum absolute atomic E-state index is 0.195. The van der Waals surface area contributed by atoms with Crippen LogP contribution in [0.1, 0.15) is 44.6 Å². The van der Waals surface area contributed by atoms with E-state index in [0.717, 1.165) is 30.5 Å². The van der Waals surface area contributed by atoms with E-state index in [1.165, 1.54) is 12.8 Å². The molecule has 0 bridgehead atoms. The van der Waals surface area contributed by atoms with E-state index in [-0.39, 0.29) is 5.91 Å². The van der Waals surface area contributed by atoms with Gasteiger partial charge in [-0.1, -0.05) is 24.1 Å². The topological polar surface area (TPSA) is 50.4 Å². The number of amides is 1. The van der Waals surface area contributed by atoms with Crippen LogP contribution in [0, 0.1) is 6.92 Å². The van der Waals surface area contributed by atoms with Crippen molar-refractivity contribution in [2.75, 3.05) is 0 Å². The molecular formula is C17H23ClN2O2. The second-order valence-electron chi connectivity index (χ2n) is 5.61. The van der Waals surface area contributed by atoms with Crippen LogP contribution in [0.15, 0.2) is 30.0 Å². The summed E-state index contributed by atoms with van der Waals surface area (Å²) in [7, 11) is 0. The second kappa shape index (κ2) is 8.08. The Morgan fingerprint density at radius 3 is 2.91 bits per heavy atom. The minimum Gasteiger partial charge on any atom is -0.481 e. The van der Waals surface area contributed by atoms with Gasteiger partial charge in [0, 0.05) is 10.7 Å². The largest absolute Gasteiger partial charge is 0.481 e. The lowest BCUT2D eigenvalue weighted by atomic mass is 10.2. The molecule has 0 fully saturated rings. The number of carbonyl (C=O) groups excluding carboxylic acids is 1. The molecule has 0 radical (unpaired) electrons. The number of hydrazine groups is 1. The molecule has 1 aromatic carbocycles. The number of rotatable bonds is 5. The second-order valence-corrected chi connectivity index (χ2v) is 6.05. The number of hydrogen-bond donors (Lipinski definition) is 2. The Kier molecular flexibility index (Phi) is 6.13. The highest BCUT2D eigenvalue weighted by molar-refractivity contribution is 6.30. The van der Waals surface area contributed by atoms with Gasteiger partial charge in [-0.15, -0.1) is 0 Å². The lowest BCUT2D eigenvalue weighted by Gasteiger charge is -2.18. The van der Waals surface area contributed by atoms with Gasteiger partial charge in [0.25, 0.3) is 5.91 Å². The summed E-state index contributed by atoms with van der Waals surface area (Å²) in [4.78, 5) is 12.1. The Bertz CT molecular complexity index is 558. The Morgan fingerprint density at radius 1 is 1.32 bits per heavy atom. The highest BCUT2D eigenvalue weighted by atomic mass is 35.5. The molecule has 120 valence electrons. The van der Waals surface area contributed by atoms with Gasteiger partial charge in [0.05, 0.1) is 0 Å². The van der Waals surface area contributed by atoms with Crippen LogP contribution in [-0.2, 0) is 4.79 Å². The predicted octanol–water partition coefficient (Wildman–Crippen LogP) is 3.88. The molecule has 1 aliphatic rings. The molecule has 2 rings (SSSR count). The number of hydrogen-bond acceptors (Lipinski definition) is 3. The minimum atomic E-state index is -0.584. The predicted molar refractivity (Wildman–Crippen MR) is 88.7 cm³/mol. The number of allylic oxidation sites excluding steroid dienone is 2. The molecular weight excluding hydrogens is 300 g/mol. The fraction of sp³-hybridized carbons (Fsp3) is 0.471. The van der Waals surface area contributed by atoms with Gasteiger partial charge in [-0.2, -0.15) is 0 Å². The average molecular weight is 323 g/mol. The summed E-state index contributed by atoms with van der Waals surface area (Å²) in [5.74, 6) is 0.472. The van der Waals surface area contributed by atoms with Gasteiger partial charge in [-0.05, 0) is 63.3 Å². The van der Waals surface area contributed by atoms with E-state index in [1.807, 2.05) is 13.0 Å². The first-order chi connectivity index (χ1) is 10.6. The molecule has 0 spiro atoms. The summed E-state index contributed by atoms with van der Waals surface area (Å²) in [6.07, 6.45) is 7.23. The molecule has 4 nitrogen and oxygen atoms in total. The van der Waals surface area contributed by atoms with Gasteiger partial charge in [0.15, 0.2) is 6.10 Å². The molecule has 1 amide bonds. The summed E-state index contributed by atoms with van der Waals surface area (Å²) >= 11 is 5.91. The quantitative estimate of drug-likeness (QED) is 0.809. The van der Waals surface area contributed by atoms with Crippen LogP contribution in [0.4, 0.5) is 0 Å². The van der Waals surface area contributed by atoms with Crippen molar-refractivity contribution in [3.8, 4) is 5.75 Å². The summed E-state index contributed by atoms with van der Waals surface area (Å²) in [6, 6.07) is 5.35. The van der Waals surface area contributed by atoms with Crippen LogP contribution in [0.5, 0.6) is 5.75 Å². The molecule has 0 saturated heterocycles. The molecule has 1 atom stereocenters. The molecule has 0 saturated carbocycles. The van der Waals surface area contributed by atoms with E-state index in [9.17, 15) is 4.79 Å².